The Bertz CT molecular complexity index is 536. The molecule has 2 rings (SSSR count). The molecule has 0 aliphatic rings. The molecule has 0 radical (unpaired) electrons. The van der Waals surface area contributed by atoms with E-state index in [-0.39, 0.29) is 24.9 Å². The van der Waals surface area contributed by atoms with E-state index in [0.717, 1.165) is 16.5 Å². The Morgan fingerprint density at radius 2 is 2.12 bits per heavy atom. The highest BCUT2D eigenvalue weighted by molar-refractivity contribution is 5.93. The standard InChI is InChI=1S/C12H14N2O2.ClH/c1-8(16)14-6-10(11(13)7-15)9-4-2-3-5-12(9)14;/h2-6,11,15H,7,13H2,1H3;1H/t11-;/m1./s1. The van der Waals surface area contributed by atoms with Crippen molar-refractivity contribution in [1.82, 2.24) is 4.57 Å². The van der Waals surface area contributed by atoms with Crippen LogP contribution in [0.25, 0.3) is 10.9 Å². The van der Waals surface area contributed by atoms with E-state index in [4.69, 9.17) is 10.8 Å². The Hall–Kier alpha value is -1.36. The molecular formula is C12H15ClN2O2. The van der Waals surface area contributed by atoms with E-state index < -0.39 is 6.04 Å². The summed E-state index contributed by atoms with van der Waals surface area (Å²) in [6, 6.07) is 7.07. The maximum Gasteiger partial charge on any atom is 0.227 e. The molecule has 0 amide bonds. The molecule has 0 saturated carbocycles. The van der Waals surface area contributed by atoms with Crippen molar-refractivity contribution in [3.63, 3.8) is 0 Å². The van der Waals surface area contributed by atoms with E-state index >= 15 is 0 Å². The lowest BCUT2D eigenvalue weighted by Gasteiger charge is -2.05. The van der Waals surface area contributed by atoms with Gasteiger partial charge in [0.25, 0.3) is 0 Å². The van der Waals surface area contributed by atoms with E-state index in [2.05, 4.69) is 0 Å². The van der Waals surface area contributed by atoms with Crippen LogP contribution >= 0.6 is 12.4 Å². The fourth-order valence-corrected chi connectivity index (χ4v) is 1.86. The number of hydrogen-bond donors (Lipinski definition) is 2. The Balaban J connectivity index is 0.00000144. The molecule has 0 saturated heterocycles. The third kappa shape index (κ3) is 2.34. The number of aromatic nitrogens is 1. The molecule has 2 aromatic rings. The van der Waals surface area contributed by atoms with Crippen molar-refractivity contribution in [2.24, 2.45) is 5.73 Å². The summed E-state index contributed by atoms with van der Waals surface area (Å²) in [6.45, 7) is 1.37. The summed E-state index contributed by atoms with van der Waals surface area (Å²) in [4.78, 5) is 11.4. The maximum atomic E-state index is 11.4. The molecule has 1 heterocycles. The van der Waals surface area contributed by atoms with Gasteiger partial charge < -0.3 is 10.8 Å². The summed E-state index contributed by atoms with van der Waals surface area (Å²) in [6.07, 6.45) is 1.70. The first-order chi connectivity index (χ1) is 7.65. The average molecular weight is 255 g/mol. The molecular weight excluding hydrogens is 240 g/mol. The third-order valence-electron chi connectivity index (χ3n) is 2.68. The van der Waals surface area contributed by atoms with Gasteiger partial charge in [0.05, 0.1) is 18.2 Å². The molecule has 4 nitrogen and oxygen atoms in total. The van der Waals surface area contributed by atoms with Crippen LogP contribution < -0.4 is 5.73 Å². The number of nitrogens with two attached hydrogens (primary N) is 1. The van der Waals surface area contributed by atoms with Gasteiger partial charge in [-0.2, -0.15) is 0 Å². The summed E-state index contributed by atoms with van der Waals surface area (Å²) in [7, 11) is 0. The molecule has 0 aliphatic heterocycles. The van der Waals surface area contributed by atoms with Gasteiger partial charge in [-0.15, -0.1) is 12.4 Å². The molecule has 0 aliphatic carbocycles. The van der Waals surface area contributed by atoms with Crippen LogP contribution in [0.1, 0.15) is 23.3 Å². The highest BCUT2D eigenvalue weighted by atomic mass is 35.5. The number of benzene rings is 1. The first-order valence-corrected chi connectivity index (χ1v) is 5.12. The van der Waals surface area contributed by atoms with E-state index in [0.29, 0.717) is 0 Å². The van der Waals surface area contributed by atoms with Gasteiger partial charge >= 0.3 is 0 Å². The molecule has 1 atom stereocenters. The van der Waals surface area contributed by atoms with Crippen LogP contribution in [0.15, 0.2) is 30.5 Å². The summed E-state index contributed by atoms with van der Waals surface area (Å²) in [5, 5.41) is 9.99. The maximum absolute atomic E-state index is 11.4. The number of nitrogens with zero attached hydrogens (tertiary/aromatic N) is 1. The van der Waals surface area contributed by atoms with Gasteiger partial charge in [0, 0.05) is 18.5 Å². The normalized spacial score (nSPS) is 12.2. The lowest BCUT2D eigenvalue weighted by atomic mass is 10.1. The second kappa shape index (κ2) is 5.31. The molecule has 92 valence electrons. The molecule has 5 heteroatoms. The zero-order valence-electron chi connectivity index (χ0n) is 9.46. The first-order valence-electron chi connectivity index (χ1n) is 5.12. The largest absolute Gasteiger partial charge is 0.394 e. The molecule has 3 N–H and O–H groups in total. The summed E-state index contributed by atoms with van der Waals surface area (Å²) in [5.74, 6) is -0.0624. The highest BCUT2D eigenvalue weighted by Gasteiger charge is 2.14. The fraction of sp³-hybridized carbons (Fsp3) is 0.250. The van der Waals surface area contributed by atoms with Gasteiger partial charge in [-0.3, -0.25) is 9.36 Å². The Morgan fingerprint density at radius 3 is 2.71 bits per heavy atom. The summed E-state index contributed by atoms with van der Waals surface area (Å²) in [5.41, 5.74) is 7.43. The molecule has 1 aromatic heterocycles. The Morgan fingerprint density at radius 1 is 1.47 bits per heavy atom. The van der Waals surface area contributed by atoms with Crippen LogP contribution in [-0.2, 0) is 0 Å². The van der Waals surface area contributed by atoms with Crippen molar-refractivity contribution in [2.45, 2.75) is 13.0 Å². The van der Waals surface area contributed by atoms with Crippen molar-refractivity contribution in [3.8, 4) is 0 Å². The van der Waals surface area contributed by atoms with Gasteiger partial charge in [-0.25, -0.2) is 0 Å². The van der Waals surface area contributed by atoms with E-state index in [1.807, 2.05) is 24.3 Å². The topological polar surface area (TPSA) is 68.2 Å². The lowest BCUT2D eigenvalue weighted by molar-refractivity contribution is 0.0941. The Kier molecular flexibility index (Phi) is 4.28. The second-order valence-electron chi connectivity index (χ2n) is 3.78. The summed E-state index contributed by atoms with van der Waals surface area (Å²) < 4.78 is 1.56. The number of carbonyl (C=O) groups excluding carboxylic acids is 1. The fourth-order valence-electron chi connectivity index (χ4n) is 1.86. The van der Waals surface area contributed by atoms with E-state index in [1.54, 1.807) is 10.8 Å². The van der Waals surface area contributed by atoms with Crippen LogP contribution in [0, 0.1) is 0 Å². The van der Waals surface area contributed by atoms with Crippen molar-refractivity contribution in [3.05, 3.63) is 36.0 Å². The highest BCUT2D eigenvalue weighted by Crippen LogP contribution is 2.25. The predicted octanol–water partition coefficient (Wildman–Crippen LogP) is 1.72. The number of rotatable bonds is 2. The zero-order chi connectivity index (χ0) is 11.7. The second-order valence-corrected chi connectivity index (χ2v) is 3.78. The van der Waals surface area contributed by atoms with Crippen LogP contribution in [0.4, 0.5) is 0 Å². The average Bonchev–Trinajstić information content (AvgIpc) is 2.67. The van der Waals surface area contributed by atoms with Gasteiger partial charge in [0.15, 0.2) is 0 Å². The minimum absolute atomic E-state index is 0. The van der Waals surface area contributed by atoms with Gasteiger partial charge in [-0.1, -0.05) is 18.2 Å². The number of halogens is 1. The monoisotopic (exact) mass is 254 g/mol. The number of aliphatic hydroxyl groups excluding tert-OH is 1. The quantitative estimate of drug-likeness (QED) is 0.857. The van der Waals surface area contributed by atoms with Crippen molar-refractivity contribution in [2.75, 3.05) is 6.61 Å². The van der Waals surface area contributed by atoms with Crippen molar-refractivity contribution >= 4 is 29.2 Å². The van der Waals surface area contributed by atoms with Gasteiger partial charge in [0.2, 0.25) is 5.91 Å². The molecule has 17 heavy (non-hydrogen) atoms. The van der Waals surface area contributed by atoms with Crippen molar-refractivity contribution < 1.29 is 9.90 Å². The third-order valence-corrected chi connectivity index (χ3v) is 2.68. The van der Waals surface area contributed by atoms with Gasteiger partial charge in [0.1, 0.15) is 0 Å². The van der Waals surface area contributed by atoms with Crippen molar-refractivity contribution in [1.29, 1.82) is 0 Å². The molecule has 0 unspecified atom stereocenters. The molecule has 0 fully saturated rings. The Labute approximate surface area is 105 Å². The zero-order valence-corrected chi connectivity index (χ0v) is 10.3. The summed E-state index contributed by atoms with van der Waals surface area (Å²) >= 11 is 0. The van der Waals surface area contributed by atoms with Crippen LogP contribution in [0.2, 0.25) is 0 Å². The number of aliphatic hydroxyl groups is 1. The van der Waals surface area contributed by atoms with Crippen LogP contribution in [0.3, 0.4) is 0 Å². The smallest absolute Gasteiger partial charge is 0.227 e. The number of fused-ring (bicyclic) bond motifs is 1. The number of hydrogen-bond acceptors (Lipinski definition) is 3. The van der Waals surface area contributed by atoms with Crippen LogP contribution in [0.5, 0.6) is 0 Å². The SMILES string of the molecule is CC(=O)n1cc([C@H](N)CO)c2ccccc21.Cl. The minimum atomic E-state index is -0.453. The van der Waals surface area contributed by atoms with E-state index in [9.17, 15) is 4.79 Å². The lowest BCUT2D eigenvalue weighted by Crippen LogP contribution is -2.14. The molecule has 0 bridgehead atoms. The number of para-hydroxylation sites is 1. The molecule has 0 spiro atoms. The number of carbonyl (C=O) groups is 1. The van der Waals surface area contributed by atoms with Gasteiger partial charge in [-0.05, 0) is 11.6 Å². The van der Waals surface area contributed by atoms with Crippen LogP contribution in [-0.4, -0.2) is 22.2 Å². The first kappa shape index (κ1) is 13.7. The predicted molar refractivity (Wildman–Crippen MR) is 69.5 cm³/mol. The van der Waals surface area contributed by atoms with E-state index in [1.165, 1.54) is 6.92 Å². The molecule has 1 aromatic carbocycles. The minimum Gasteiger partial charge on any atom is -0.394 e.